The van der Waals surface area contributed by atoms with Gasteiger partial charge in [-0.2, -0.15) is 18.4 Å². The number of benzene rings is 2. The summed E-state index contributed by atoms with van der Waals surface area (Å²) < 4.78 is 70.8. The van der Waals surface area contributed by atoms with Crippen LogP contribution in [0, 0.1) is 23.1 Å². The lowest BCUT2D eigenvalue weighted by Crippen LogP contribution is -2.12. The van der Waals surface area contributed by atoms with Crippen LogP contribution >= 0.6 is 11.8 Å². The van der Waals surface area contributed by atoms with Crippen molar-refractivity contribution in [2.24, 2.45) is 4.99 Å². The zero-order valence-corrected chi connectivity index (χ0v) is 13.9. The molecule has 0 radical (unpaired) electrons. The Bertz CT molecular complexity index is 854. The third-order valence-electron chi connectivity index (χ3n) is 2.98. The molecule has 0 amide bonds. The van der Waals surface area contributed by atoms with E-state index < -0.39 is 29.1 Å². The molecule has 2 aromatic carbocycles. The minimum Gasteiger partial charge on any atom is -0.449 e. The van der Waals surface area contributed by atoms with E-state index >= 15 is 0 Å². The Balaban J connectivity index is 2.43. The molecule has 0 unspecified atom stereocenters. The van der Waals surface area contributed by atoms with Crippen molar-refractivity contribution in [3.05, 3.63) is 53.6 Å². The highest BCUT2D eigenvalue weighted by Crippen LogP contribution is 2.38. The number of nitriles is 1. The van der Waals surface area contributed by atoms with Crippen LogP contribution in [0.5, 0.6) is 11.5 Å². The van der Waals surface area contributed by atoms with E-state index in [1.165, 1.54) is 18.2 Å². The molecule has 0 aliphatic rings. The predicted molar refractivity (Wildman–Crippen MR) is 87.2 cm³/mol. The second kappa shape index (κ2) is 8.05. The van der Waals surface area contributed by atoms with Crippen LogP contribution in [0.25, 0.3) is 0 Å². The molecular formula is C16H10F5N3OS. The fourth-order valence-electron chi connectivity index (χ4n) is 1.85. The van der Waals surface area contributed by atoms with Crippen molar-refractivity contribution in [2.75, 3.05) is 6.26 Å². The average molecular weight is 387 g/mol. The number of rotatable bonds is 3. The molecule has 0 heterocycles. The highest BCUT2D eigenvalue weighted by molar-refractivity contribution is 8.13. The van der Waals surface area contributed by atoms with Crippen LogP contribution in [0.4, 0.5) is 27.6 Å². The normalized spacial score (nSPS) is 11.8. The quantitative estimate of drug-likeness (QED) is 0.259. The van der Waals surface area contributed by atoms with E-state index in [0.717, 1.165) is 11.8 Å². The van der Waals surface area contributed by atoms with Crippen LogP contribution in [-0.2, 0) is 6.18 Å². The Morgan fingerprint density at radius 2 is 1.81 bits per heavy atom. The van der Waals surface area contributed by atoms with Gasteiger partial charge in [0.1, 0.15) is 5.69 Å². The molecule has 10 heteroatoms. The van der Waals surface area contributed by atoms with Gasteiger partial charge < -0.3 is 4.74 Å². The smallest absolute Gasteiger partial charge is 0.416 e. The molecule has 0 spiro atoms. The standard InChI is InChI=1S/C16H10F5N3OS/c1-26-15(23-8-22)24-12-4-2-3-5-13(12)25-14-10(17)6-9(7-11(14)18)16(19,20)21/h2-7H,1H3,(H,23,24). The molecule has 2 rings (SSSR count). The number of thioether (sulfide) groups is 1. The number of hydrogen-bond donors (Lipinski definition) is 1. The Kier molecular flexibility index (Phi) is 6.05. The first kappa shape index (κ1) is 19.5. The van der Waals surface area contributed by atoms with Crippen LogP contribution in [0.15, 0.2) is 41.4 Å². The monoisotopic (exact) mass is 387 g/mol. The first-order valence-electron chi connectivity index (χ1n) is 6.87. The van der Waals surface area contributed by atoms with Crippen LogP contribution in [-0.4, -0.2) is 11.4 Å². The number of alkyl halides is 3. The second-order valence-electron chi connectivity index (χ2n) is 4.69. The minimum absolute atomic E-state index is 0.101. The van der Waals surface area contributed by atoms with Gasteiger partial charge in [0.25, 0.3) is 0 Å². The number of nitrogens with one attached hydrogen (secondary N) is 1. The Morgan fingerprint density at radius 3 is 2.35 bits per heavy atom. The lowest BCUT2D eigenvalue weighted by Gasteiger charge is -2.13. The van der Waals surface area contributed by atoms with Crippen molar-refractivity contribution in [1.82, 2.24) is 5.32 Å². The summed E-state index contributed by atoms with van der Waals surface area (Å²) in [5.74, 6) is -4.09. The predicted octanol–water partition coefficient (Wildman–Crippen LogP) is 5.20. The van der Waals surface area contributed by atoms with Gasteiger partial charge in [-0.3, -0.25) is 5.32 Å². The maximum absolute atomic E-state index is 13.9. The van der Waals surface area contributed by atoms with Crippen molar-refractivity contribution in [3.8, 4) is 17.7 Å². The second-order valence-corrected chi connectivity index (χ2v) is 5.49. The van der Waals surface area contributed by atoms with Crippen LogP contribution < -0.4 is 10.1 Å². The molecule has 0 aliphatic heterocycles. The molecule has 0 saturated heterocycles. The highest BCUT2D eigenvalue weighted by Gasteiger charge is 2.33. The molecule has 4 nitrogen and oxygen atoms in total. The lowest BCUT2D eigenvalue weighted by atomic mass is 10.2. The third kappa shape index (κ3) is 4.64. The largest absolute Gasteiger partial charge is 0.449 e. The molecule has 0 bridgehead atoms. The van der Waals surface area contributed by atoms with Gasteiger partial charge in [-0.05, 0) is 30.5 Å². The molecule has 0 atom stereocenters. The molecule has 0 aromatic heterocycles. The molecule has 2 aromatic rings. The van der Waals surface area contributed by atoms with Crippen molar-refractivity contribution in [2.45, 2.75) is 6.18 Å². The van der Waals surface area contributed by atoms with E-state index in [-0.39, 0.29) is 28.7 Å². The van der Waals surface area contributed by atoms with Crippen LogP contribution in [0.1, 0.15) is 5.56 Å². The minimum atomic E-state index is -4.89. The van der Waals surface area contributed by atoms with Gasteiger partial charge in [0.15, 0.2) is 34.5 Å². The molecule has 26 heavy (non-hydrogen) atoms. The summed E-state index contributed by atoms with van der Waals surface area (Å²) in [6.07, 6.45) is -1.57. The van der Waals surface area contributed by atoms with Gasteiger partial charge in [0.05, 0.1) is 5.56 Å². The Hall–Kier alpha value is -2.80. The van der Waals surface area contributed by atoms with Crippen molar-refractivity contribution < 1.29 is 26.7 Å². The van der Waals surface area contributed by atoms with E-state index in [1.807, 2.05) is 0 Å². The highest BCUT2D eigenvalue weighted by atomic mass is 32.2. The molecule has 0 fully saturated rings. The molecule has 0 aliphatic carbocycles. The van der Waals surface area contributed by atoms with Crippen LogP contribution in [0.3, 0.4) is 0 Å². The summed E-state index contributed by atoms with van der Waals surface area (Å²) in [6, 6.07) is 6.13. The van der Waals surface area contributed by atoms with Crippen molar-refractivity contribution in [1.29, 1.82) is 5.26 Å². The summed E-state index contributed by atoms with van der Waals surface area (Å²) in [6.45, 7) is 0. The number of hydrogen-bond acceptors (Lipinski definition) is 4. The van der Waals surface area contributed by atoms with Crippen molar-refractivity contribution in [3.63, 3.8) is 0 Å². The number of para-hydroxylation sites is 2. The van der Waals surface area contributed by atoms with Crippen molar-refractivity contribution >= 4 is 22.6 Å². The first-order chi connectivity index (χ1) is 12.3. The summed E-state index contributed by atoms with van der Waals surface area (Å²) in [5, 5.41) is 11.1. The number of aliphatic imine (C=N–C) groups is 1. The zero-order valence-electron chi connectivity index (χ0n) is 13.1. The Labute approximate surface area is 149 Å². The van der Waals surface area contributed by atoms with Gasteiger partial charge in [-0.15, -0.1) is 0 Å². The topological polar surface area (TPSA) is 57.4 Å². The van der Waals surface area contributed by atoms with Gasteiger partial charge in [-0.25, -0.2) is 13.8 Å². The molecule has 136 valence electrons. The van der Waals surface area contributed by atoms with Gasteiger partial charge in [0, 0.05) is 0 Å². The first-order valence-corrected chi connectivity index (χ1v) is 8.09. The number of nitrogens with zero attached hydrogens (tertiary/aromatic N) is 2. The maximum atomic E-state index is 13.9. The fraction of sp³-hybridized carbons (Fsp3) is 0.125. The number of halogens is 5. The molecule has 1 N–H and O–H groups in total. The van der Waals surface area contributed by atoms with E-state index in [1.54, 1.807) is 18.5 Å². The average Bonchev–Trinajstić information content (AvgIpc) is 2.58. The van der Waals surface area contributed by atoms with E-state index in [2.05, 4.69) is 10.3 Å². The lowest BCUT2D eigenvalue weighted by molar-refractivity contribution is -0.138. The van der Waals surface area contributed by atoms with Gasteiger partial charge in [-0.1, -0.05) is 23.9 Å². The number of ether oxygens (including phenoxy) is 1. The van der Waals surface area contributed by atoms with E-state index in [9.17, 15) is 22.0 Å². The summed E-state index contributed by atoms with van der Waals surface area (Å²) in [7, 11) is 0. The molecule has 0 saturated carbocycles. The summed E-state index contributed by atoms with van der Waals surface area (Å²) in [4.78, 5) is 4.08. The SMILES string of the molecule is CSC(=Nc1ccccc1Oc1c(F)cc(C(F)(F)F)cc1F)NC#N. The third-order valence-corrected chi connectivity index (χ3v) is 3.56. The van der Waals surface area contributed by atoms with E-state index in [0.29, 0.717) is 0 Å². The Morgan fingerprint density at radius 1 is 1.19 bits per heavy atom. The van der Waals surface area contributed by atoms with Crippen LogP contribution in [0.2, 0.25) is 0 Å². The van der Waals surface area contributed by atoms with Gasteiger partial charge in [0.2, 0.25) is 0 Å². The number of amidine groups is 1. The molecular weight excluding hydrogens is 377 g/mol. The van der Waals surface area contributed by atoms with E-state index in [4.69, 9.17) is 10.00 Å². The fourth-order valence-corrected chi connectivity index (χ4v) is 2.19. The maximum Gasteiger partial charge on any atom is 0.416 e. The summed E-state index contributed by atoms with van der Waals surface area (Å²) in [5.41, 5.74) is -1.34. The summed E-state index contributed by atoms with van der Waals surface area (Å²) >= 11 is 1.10. The van der Waals surface area contributed by atoms with Gasteiger partial charge >= 0.3 is 6.18 Å². The zero-order chi connectivity index (χ0) is 19.3.